The molecule has 0 atom stereocenters. The Labute approximate surface area is 145 Å². The first kappa shape index (κ1) is 17.1. The average molecular weight is 345 g/mol. The quantitative estimate of drug-likeness (QED) is 0.927. The Kier molecular flexibility index (Phi) is 4.57. The second-order valence-electron chi connectivity index (χ2n) is 6.46. The molecule has 6 nitrogen and oxygen atoms in total. The molecule has 0 saturated heterocycles. The Morgan fingerprint density at radius 2 is 2.12 bits per heavy atom. The minimum absolute atomic E-state index is 0.0174. The van der Waals surface area contributed by atoms with Gasteiger partial charge in [0.25, 0.3) is 11.8 Å². The largest absolute Gasteiger partial charge is 0.437 e. The third kappa shape index (κ3) is 3.55. The molecule has 0 saturated carbocycles. The molecule has 0 spiro atoms. The summed E-state index contributed by atoms with van der Waals surface area (Å²) in [7, 11) is 0. The van der Waals surface area contributed by atoms with Gasteiger partial charge in [0.15, 0.2) is 0 Å². The SMILES string of the molecule is Cc1cc(C(=O)N2CCc3oc(C(=O)NC(C)C)nc3C2)ccc1F. The molecule has 2 heterocycles. The lowest BCUT2D eigenvalue weighted by Gasteiger charge is -2.25. The van der Waals surface area contributed by atoms with E-state index < -0.39 is 0 Å². The Hall–Kier alpha value is -2.70. The van der Waals surface area contributed by atoms with Gasteiger partial charge in [-0.1, -0.05) is 0 Å². The number of nitrogens with zero attached hydrogens (tertiary/aromatic N) is 2. The molecule has 7 heteroatoms. The second kappa shape index (κ2) is 6.66. The fourth-order valence-electron chi connectivity index (χ4n) is 2.75. The van der Waals surface area contributed by atoms with Crippen LogP contribution < -0.4 is 5.32 Å². The fraction of sp³-hybridized carbons (Fsp3) is 0.389. The molecule has 0 radical (unpaired) electrons. The number of hydrogen-bond donors (Lipinski definition) is 1. The van der Waals surface area contributed by atoms with Crippen molar-refractivity contribution in [2.24, 2.45) is 0 Å². The molecule has 1 aromatic carbocycles. The van der Waals surface area contributed by atoms with Crippen molar-refractivity contribution in [1.82, 2.24) is 15.2 Å². The zero-order valence-electron chi connectivity index (χ0n) is 14.4. The van der Waals surface area contributed by atoms with Crippen molar-refractivity contribution in [2.45, 2.75) is 39.8 Å². The molecule has 132 valence electrons. The van der Waals surface area contributed by atoms with E-state index in [4.69, 9.17) is 4.42 Å². The number of benzene rings is 1. The van der Waals surface area contributed by atoms with Crippen LogP contribution in [0.25, 0.3) is 0 Å². The van der Waals surface area contributed by atoms with Crippen LogP contribution in [0.4, 0.5) is 4.39 Å². The minimum atomic E-state index is -0.364. The fourth-order valence-corrected chi connectivity index (χ4v) is 2.75. The predicted molar refractivity (Wildman–Crippen MR) is 88.7 cm³/mol. The van der Waals surface area contributed by atoms with Crippen molar-refractivity contribution in [3.63, 3.8) is 0 Å². The molecular weight excluding hydrogens is 325 g/mol. The lowest BCUT2D eigenvalue weighted by atomic mass is 10.1. The van der Waals surface area contributed by atoms with Crippen molar-refractivity contribution in [1.29, 1.82) is 0 Å². The summed E-state index contributed by atoms with van der Waals surface area (Å²) in [5, 5.41) is 2.73. The van der Waals surface area contributed by atoms with E-state index >= 15 is 0 Å². The summed E-state index contributed by atoms with van der Waals surface area (Å²) in [5.74, 6) is -0.241. The number of hydrogen-bond acceptors (Lipinski definition) is 4. The summed E-state index contributed by atoms with van der Waals surface area (Å²) in [6.45, 7) is 6.06. The molecular formula is C18H20FN3O3. The molecule has 0 aliphatic carbocycles. The number of amides is 2. The van der Waals surface area contributed by atoms with E-state index in [0.29, 0.717) is 35.5 Å². The van der Waals surface area contributed by atoms with Crippen molar-refractivity contribution < 1.29 is 18.4 Å². The third-order valence-corrected chi connectivity index (χ3v) is 4.03. The highest BCUT2D eigenvalue weighted by molar-refractivity contribution is 5.94. The van der Waals surface area contributed by atoms with Crippen LogP contribution >= 0.6 is 0 Å². The van der Waals surface area contributed by atoms with E-state index in [1.165, 1.54) is 18.2 Å². The van der Waals surface area contributed by atoms with Crippen molar-refractivity contribution >= 4 is 11.8 Å². The van der Waals surface area contributed by atoms with Crippen LogP contribution in [0.3, 0.4) is 0 Å². The summed E-state index contributed by atoms with van der Waals surface area (Å²) in [4.78, 5) is 30.5. The van der Waals surface area contributed by atoms with Crippen LogP contribution in [0, 0.1) is 12.7 Å². The zero-order valence-corrected chi connectivity index (χ0v) is 14.4. The number of rotatable bonds is 3. The average Bonchev–Trinajstić information content (AvgIpc) is 2.99. The highest BCUT2D eigenvalue weighted by Crippen LogP contribution is 2.22. The molecule has 0 bridgehead atoms. The minimum Gasteiger partial charge on any atom is -0.437 e. The molecule has 1 N–H and O–H groups in total. The van der Waals surface area contributed by atoms with Crippen molar-refractivity contribution in [3.8, 4) is 0 Å². The third-order valence-electron chi connectivity index (χ3n) is 4.03. The molecule has 0 fully saturated rings. The number of oxazole rings is 1. The van der Waals surface area contributed by atoms with Gasteiger partial charge < -0.3 is 14.6 Å². The van der Waals surface area contributed by atoms with Crippen molar-refractivity contribution in [2.75, 3.05) is 6.54 Å². The number of halogens is 1. The molecule has 3 rings (SSSR count). The van der Waals surface area contributed by atoms with Gasteiger partial charge in [0.1, 0.15) is 17.3 Å². The number of nitrogens with one attached hydrogen (secondary N) is 1. The molecule has 2 aromatic rings. The van der Waals surface area contributed by atoms with E-state index in [0.717, 1.165) is 0 Å². The number of fused-ring (bicyclic) bond motifs is 1. The van der Waals surface area contributed by atoms with E-state index in [1.807, 2.05) is 13.8 Å². The van der Waals surface area contributed by atoms with Crippen LogP contribution in [-0.4, -0.2) is 34.3 Å². The molecule has 1 aliphatic rings. The molecule has 0 unspecified atom stereocenters. The lowest BCUT2D eigenvalue weighted by Crippen LogP contribution is -2.35. The monoisotopic (exact) mass is 345 g/mol. The predicted octanol–water partition coefficient (Wildman–Crippen LogP) is 2.46. The number of aromatic nitrogens is 1. The Morgan fingerprint density at radius 3 is 2.80 bits per heavy atom. The second-order valence-corrected chi connectivity index (χ2v) is 6.46. The smallest absolute Gasteiger partial charge is 0.307 e. The van der Waals surface area contributed by atoms with Crippen LogP contribution in [0.15, 0.2) is 22.6 Å². The first-order valence-electron chi connectivity index (χ1n) is 8.20. The van der Waals surface area contributed by atoms with Gasteiger partial charge in [-0.3, -0.25) is 9.59 Å². The van der Waals surface area contributed by atoms with Gasteiger partial charge in [-0.15, -0.1) is 0 Å². The normalized spacial score (nSPS) is 13.7. The van der Waals surface area contributed by atoms with Crippen LogP contribution in [0.5, 0.6) is 0 Å². The van der Waals surface area contributed by atoms with Gasteiger partial charge >= 0.3 is 5.91 Å². The standard InChI is InChI=1S/C18H20FN3O3/c1-10(2)20-16(23)17-21-14-9-22(7-6-15(14)25-17)18(24)12-4-5-13(19)11(3)8-12/h4-5,8,10H,6-7,9H2,1-3H3,(H,20,23). The molecule has 1 aromatic heterocycles. The van der Waals surface area contributed by atoms with Crippen LogP contribution in [0.1, 0.15) is 51.9 Å². The van der Waals surface area contributed by atoms with Gasteiger partial charge in [-0.25, -0.2) is 9.37 Å². The first-order valence-corrected chi connectivity index (χ1v) is 8.20. The van der Waals surface area contributed by atoms with Gasteiger partial charge in [-0.05, 0) is 44.5 Å². The first-order chi connectivity index (χ1) is 11.8. The van der Waals surface area contributed by atoms with Gasteiger partial charge in [0, 0.05) is 24.6 Å². The lowest BCUT2D eigenvalue weighted by molar-refractivity contribution is 0.0726. The maximum atomic E-state index is 13.4. The number of carbonyl (C=O) groups is 2. The summed E-state index contributed by atoms with van der Waals surface area (Å²) in [6, 6.07) is 4.29. The topological polar surface area (TPSA) is 75.4 Å². The summed E-state index contributed by atoms with van der Waals surface area (Å²) in [5.41, 5.74) is 1.45. The van der Waals surface area contributed by atoms with E-state index in [1.54, 1.807) is 11.8 Å². The summed E-state index contributed by atoms with van der Waals surface area (Å²) < 4.78 is 18.9. The number of carbonyl (C=O) groups excluding carboxylic acids is 2. The van der Waals surface area contributed by atoms with Crippen molar-refractivity contribution in [3.05, 3.63) is 52.5 Å². The van der Waals surface area contributed by atoms with E-state index in [-0.39, 0.29) is 36.1 Å². The zero-order chi connectivity index (χ0) is 18.1. The Morgan fingerprint density at radius 1 is 1.36 bits per heavy atom. The van der Waals surface area contributed by atoms with E-state index in [9.17, 15) is 14.0 Å². The molecule has 25 heavy (non-hydrogen) atoms. The van der Waals surface area contributed by atoms with E-state index in [2.05, 4.69) is 10.3 Å². The highest BCUT2D eigenvalue weighted by atomic mass is 19.1. The Balaban J connectivity index is 1.76. The molecule has 2 amide bonds. The summed E-state index contributed by atoms with van der Waals surface area (Å²) in [6.07, 6.45) is 0.489. The van der Waals surface area contributed by atoms with Crippen LogP contribution in [-0.2, 0) is 13.0 Å². The maximum Gasteiger partial charge on any atom is 0.307 e. The van der Waals surface area contributed by atoms with Gasteiger partial charge in [0.2, 0.25) is 0 Å². The van der Waals surface area contributed by atoms with Crippen LogP contribution in [0.2, 0.25) is 0 Å². The van der Waals surface area contributed by atoms with Gasteiger partial charge in [0.05, 0.1) is 6.54 Å². The summed E-state index contributed by atoms with van der Waals surface area (Å²) >= 11 is 0. The number of aryl methyl sites for hydroxylation is 1. The van der Waals surface area contributed by atoms with Gasteiger partial charge in [-0.2, -0.15) is 0 Å². The maximum absolute atomic E-state index is 13.4. The highest BCUT2D eigenvalue weighted by Gasteiger charge is 2.28. The molecule has 1 aliphatic heterocycles. The Bertz CT molecular complexity index is 829.